The Hall–Kier alpha value is -0.590. The van der Waals surface area contributed by atoms with Crippen molar-refractivity contribution < 1.29 is 4.79 Å². The molecule has 0 aromatic heterocycles. The Bertz CT molecular complexity index is 268. The number of fused-ring (bicyclic) bond motifs is 1. The fraction of sp³-hybridized carbons (Fsp3) is 0.750. The van der Waals surface area contributed by atoms with Crippen LogP contribution in [-0.2, 0) is 4.79 Å². The maximum Gasteiger partial charge on any atom is 0.145 e. The largest absolute Gasteiger partial charge is 0.298 e. The summed E-state index contributed by atoms with van der Waals surface area (Å²) in [6.07, 6.45) is 6.20. The number of hydrogen-bond acceptors (Lipinski definition) is 1. The third-order valence-corrected chi connectivity index (χ3v) is 4.12. The molecule has 0 bridgehead atoms. The first-order valence-electron chi connectivity index (χ1n) is 5.19. The van der Waals surface area contributed by atoms with Crippen LogP contribution >= 0.6 is 0 Å². The predicted octanol–water partition coefficient (Wildman–Crippen LogP) is 2.96. The number of rotatable bonds is 2. The van der Waals surface area contributed by atoms with Gasteiger partial charge in [-0.25, -0.2) is 0 Å². The van der Waals surface area contributed by atoms with E-state index >= 15 is 0 Å². The lowest BCUT2D eigenvalue weighted by Crippen LogP contribution is -2.37. The van der Waals surface area contributed by atoms with E-state index in [1.807, 2.05) is 6.08 Å². The van der Waals surface area contributed by atoms with E-state index in [-0.39, 0.29) is 10.8 Å². The highest BCUT2D eigenvalue weighted by Crippen LogP contribution is 2.63. The molecule has 0 heterocycles. The second-order valence-electron chi connectivity index (χ2n) is 5.24. The summed E-state index contributed by atoms with van der Waals surface area (Å²) in [5, 5.41) is 0. The van der Waals surface area contributed by atoms with Crippen LogP contribution in [0.1, 0.15) is 39.5 Å². The second kappa shape index (κ2) is 2.46. The molecule has 1 heteroatoms. The number of carbonyl (C=O) groups excluding carboxylic acids is 1. The minimum Gasteiger partial charge on any atom is -0.298 e. The van der Waals surface area contributed by atoms with E-state index in [0.717, 1.165) is 19.3 Å². The molecule has 2 aliphatic carbocycles. The third kappa shape index (κ3) is 1.09. The highest BCUT2D eigenvalue weighted by molar-refractivity contribution is 5.93. The molecular weight excluding hydrogens is 160 g/mol. The second-order valence-corrected chi connectivity index (χ2v) is 5.24. The number of Topliss-reactive ketones (excluding diaryl/α,β-unsaturated/α-hetero) is 1. The van der Waals surface area contributed by atoms with Crippen LogP contribution in [0.5, 0.6) is 0 Å². The number of hydrogen-bond donors (Lipinski definition) is 0. The van der Waals surface area contributed by atoms with Crippen molar-refractivity contribution in [2.24, 2.45) is 16.7 Å². The predicted molar refractivity (Wildman–Crippen MR) is 53.4 cm³/mol. The Morgan fingerprint density at radius 1 is 1.62 bits per heavy atom. The summed E-state index contributed by atoms with van der Waals surface area (Å²) in [6, 6.07) is 0. The lowest BCUT2D eigenvalue weighted by molar-refractivity contribution is -0.135. The Balaban J connectivity index is 2.22. The molecule has 0 saturated heterocycles. The van der Waals surface area contributed by atoms with Crippen LogP contribution in [0.25, 0.3) is 0 Å². The Morgan fingerprint density at radius 2 is 2.31 bits per heavy atom. The number of carbonyl (C=O) groups is 1. The average Bonchev–Trinajstić information content (AvgIpc) is 2.74. The minimum absolute atomic E-state index is 0.0516. The molecular formula is C12H18O. The molecule has 0 aromatic rings. The normalized spacial score (nSPS) is 48.5. The van der Waals surface area contributed by atoms with Gasteiger partial charge in [0, 0.05) is 10.8 Å². The molecule has 2 fully saturated rings. The van der Waals surface area contributed by atoms with Crippen LogP contribution in [0.3, 0.4) is 0 Å². The van der Waals surface area contributed by atoms with Gasteiger partial charge in [-0.05, 0) is 31.6 Å². The molecule has 0 amide bonds. The zero-order valence-corrected chi connectivity index (χ0v) is 8.60. The van der Waals surface area contributed by atoms with Gasteiger partial charge < -0.3 is 0 Å². The summed E-state index contributed by atoms with van der Waals surface area (Å²) >= 11 is 0. The first-order chi connectivity index (χ1) is 6.03. The van der Waals surface area contributed by atoms with Crippen LogP contribution in [-0.4, -0.2) is 5.78 Å². The topological polar surface area (TPSA) is 17.1 Å². The summed E-state index contributed by atoms with van der Waals surface area (Å²) < 4.78 is 0. The Morgan fingerprint density at radius 3 is 2.92 bits per heavy atom. The van der Waals surface area contributed by atoms with Gasteiger partial charge >= 0.3 is 0 Å². The van der Waals surface area contributed by atoms with Gasteiger partial charge in [0.2, 0.25) is 0 Å². The molecule has 2 rings (SSSR count). The van der Waals surface area contributed by atoms with Gasteiger partial charge in [0.1, 0.15) is 5.78 Å². The Kier molecular flexibility index (Phi) is 1.70. The molecule has 3 atom stereocenters. The lowest BCUT2D eigenvalue weighted by atomic mass is 9.68. The number of allylic oxidation sites excluding steroid dienone is 1. The first kappa shape index (κ1) is 8.98. The van der Waals surface area contributed by atoms with Crippen molar-refractivity contribution in [3.63, 3.8) is 0 Å². The van der Waals surface area contributed by atoms with Crippen molar-refractivity contribution in [3.8, 4) is 0 Å². The van der Waals surface area contributed by atoms with Gasteiger partial charge in [0.05, 0.1) is 0 Å². The molecule has 0 N–H and O–H groups in total. The zero-order valence-electron chi connectivity index (χ0n) is 8.60. The molecule has 72 valence electrons. The van der Waals surface area contributed by atoms with Crippen molar-refractivity contribution >= 4 is 5.78 Å². The van der Waals surface area contributed by atoms with Crippen molar-refractivity contribution in [2.45, 2.75) is 39.5 Å². The molecule has 0 unspecified atom stereocenters. The van der Waals surface area contributed by atoms with Crippen molar-refractivity contribution in [1.29, 1.82) is 0 Å². The summed E-state index contributed by atoms with van der Waals surface area (Å²) in [4.78, 5) is 12.2. The Labute approximate surface area is 80.2 Å². The molecule has 13 heavy (non-hydrogen) atoms. The minimum atomic E-state index is -0.0938. The van der Waals surface area contributed by atoms with Gasteiger partial charge in [-0.15, -0.1) is 6.58 Å². The standard InChI is InChI=1S/C12H18O/c1-4-6-11(2)7-5-9-8-12(9,3)10(11)13/h4,9H,1,5-8H2,2-3H3/t9-,11-,12+/m1/s1. The van der Waals surface area contributed by atoms with Gasteiger partial charge in [0.15, 0.2) is 0 Å². The maximum absolute atomic E-state index is 12.2. The average molecular weight is 178 g/mol. The van der Waals surface area contributed by atoms with Gasteiger partial charge in [-0.2, -0.15) is 0 Å². The molecule has 0 aromatic carbocycles. The fourth-order valence-electron chi connectivity index (χ4n) is 2.96. The molecule has 2 saturated carbocycles. The fourth-order valence-corrected chi connectivity index (χ4v) is 2.96. The van der Waals surface area contributed by atoms with Crippen LogP contribution in [0.4, 0.5) is 0 Å². The summed E-state index contributed by atoms with van der Waals surface area (Å²) in [6.45, 7) is 7.99. The maximum atomic E-state index is 12.2. The van der Waals surface area contributed by atoms with E-state index in [4.69, 9.17) is 0 Å². The van der Waals surface area contributed by atoms with E-state index in [0.29, 0.717) is 11.7 Å². The molecule has 1 nitrogen and oxygen atoms in total. The highest BCUT2D eigenvalue weighted by Gasteiger charge is 2.62. The summed E-state index contributed by atoms with van der Waals surface area (Å²) in [5.41, 5.74) is -0.0422. The summed E-state index contributed by atoms with van der Waals surface area (Å²) in [5.74, 6) is 1.20. The van der Waals surface area contributed by atoms with E-state index < -0.39 is 0 Å². The van der Waals surface area contributed by atoms with E-state index in [1.54, 1.807) is 0 Å². The molecule has 2 aliphatic rings. The quantitative estimate of drug-likeness (QED) is 0.594. The molecule has 0 radical (unpaired) electrons. The van der Waals surface area contributed by atoms with Gasteiger partial charge in [0.25, 0.3) is 0 Å². The monoisotopic (exact) mass is 178 g/mol. The van der Waals surface area contributed by atoms with Gasteiger partial charge in [-0.1, -0.05) is 19.9 Å². The molecule has 0 aliphatic heterocycles. The van der Waals surface area contributed by atoms with Crippen molar-refractivity contribution in [1.82, 2.24) is 0 Å². The van der Waals surface area contributed by atoms with Crippen LogP contribution in [0, 0.1) is 16.7 Å². The summed E-state index contributed by atoms with van der Waals surface area (Å²) in [7, 11) is 0. The van der Waals surface area contributed by atoms with Gasteiger partial charge in [-0.3, -0.25) is 4.79 Å². The van der Waals surface area contributed by atoms with Crippen molar-refractivity contribution in [2.75, 3.05) is 0 Å². The van der Waals surface area contributed by atoms with E-state index in [1.165, 1.54) is 6.42 Å². The smallest absolute Gasteiger partial charge is 0.145 e. The SMILES string of the molecule is C=CC[C@]1(C)CC[C@@H]2C[C@]2(C)C1=O. The van der Waals surface area contributed by atoms with Crippen LogP contribution < -0.4 is 0 Å². The third-order valence-electron chi connectivity index (χ3n) is 4.12. The number of ketones is 1. The molecule has 0 spiro atoms. The van der Waals surface area contributed by atoms with Crippen LogP contribution in [0.2, 0.25) is 0 Å². The first-order valence-corrected chi connectivity index (χ1v) is 5.19. The lowest BCUT2D eigenvalue weighted by Gasteiger charge is -2.34. The van der Waals surface area contributed by atoms with Crippen LogP contribution in [0.15, 0.2) is 12.7 Å². The van der Waals surface area contributed by atoms with Crippen molar-refractivity contribution in [3.05, 3.63) is 12.7 Å². The van der Waals surface area contributed by atoms with E-state index in [9.17, 15) is 4.79 Å². The van der Waals surface area contributed by atoms with E-state index in [2.05, 4.69) is 20.4 Å². The zero-order chi connectivity index (χ0) is 9.69. The highest BCUT2D eigenvalue weighted by atomic mass is 16.1.